The number of nitrogens with one attached hydrogen (secondary N) is 1. The Hall–Kier alpha value is -0.910. The molecule has 0 radical (unpaired) electrons. The zero-order valence-corrected chi connectivity index (χ0v) is 9.43. The van der Waals surface area contributed by atoms with Crippen molar-refractivity contribution in [3.63, 3.8) is 0 Å². The van der Waals surface area contributed by atoms with Gasteiger partial charge in [0.2, 0.25) is 0 Å². The van der Waals surface area contributed by atoms with Crippen molar-refractivity contribution >= 4 is 0 Å². The molecule has 0 spiro atoms. The maximum atomic E-state index is 5.44. The minimum atomic E-state index is -0.203. The Morgan fingerprint density at radius 1 is 1.38 bits per heavy atom. The minimum absolute atomic E-state index is 0.0766. The number of hydrogen-bond acceptors (Lipinski definition) is 4. The molecule has 0 aliphatic carbocycles. The third-order valence-corrected chi connectivity index (χ3v) is 3.21. The lowest BCUT2D eigenvalue weighted by atomic mass is 10.1. The molecule has 0 saturated carbocycles. The molecule has 2 aliphatic heterocycles. The zero-order valence-electron chi connectivity index (χ0n) is 9.43. The topological polar surface area (TPSA) is 48.3 Å². The second-order valence-electron chi connectivity index (χ2n) is 4.41. The van der Waals surface area contributed by atoms with Crippen molar-refractivity contribution in [2.75, 3.05) is 13.1 Å². The number of piperidine rings is 1. The van der Waals surface area contributed by atoms with Gasteiger partial charge < -0.3 is 14.8 Å². The molecule has 1 N–H and O–H groups in total. The average molecular weight is 223 g/mol. The fourth-order valence-corrected chi connectivity index (χ4v) is 2.26. The van der Waals surface area contributed by atoms with Gasteiger partial charge in [-0.15, -0.1) is 0 Å². The van der Waals surface area contributed by atoms with E-state index in [-0.39, 0.29) is 12.6 Å². The summed E-state index contributed by atoms with van der Waals surface area (Å²) < 4.78 is 12.9. The summed E-state index contributed by atoms with van der Waals surface area (Å²) in [6.07, 6.45) is 5.90. The van der Waals surface area contributed by atoms with Crippen molar-refractivity contribution in [3.05, 3.63) is 18.0 Å². The van der Waals surface area contributed by atoms with Gasteiger partial charge >= 0.3 is 0 Å². The first-order chi connectivity index (χ1) is 7.83. The lowest BCUT2D eigenvalue weighted by Gasteiger charge is -2.32. The molecule has 5 nitrogen and oxygen atoms in total. The van der Waals surface area contributed by atoms with E-state index in [1.165, 1.54) is 0 Å². The molecule has 2 aliphatic rings. The van der Waals surface area contributed by atoms with Gasteiger partial charge in [-0.2, -0.15) is 5.10 Å². The molecule has 0 bridgehead atoms. The van der Waals surface area contributed by atoms with Crippen LogP contribution < -0.4 is 5.32 Å². The molecular weight excluding hydrogens is 206 g/mol. The Balaban J connectivity index is 1.67. The summed E-state index contributed by atoms with van der Waals surface area (Å²) in [4.78, 5) is 0. The van der Waals surface area contributed by atoms with Crippen molar-refractivity contribution in [2.24, 2.45) is 0 Å². The van der Waals surface area contributed by atoms with Gasteiger partial charge in [0.25, 0.3) is 0 Å². The SMILES string of the molecule is CC1OC(c2cnn(C3CCNCC3)c2)O1. The van der Waals surface area contributed by atoms with Gasteiger partial charge in [0.05, 0.1) is 12.2 Å². The lowest BCUT2D eigenvalue weighted by molar-refractivity contribution is -0.382. The predicted octanol–water partition coefficient (Wildman–Crippen LogP) is 1.20. The normalized spacial score (nSPS) is 31.3. The van der Waals surface area contributed by atoms with Crippen LogP contribution >= 0.6 is 0 Å². The molecule has 88 valence electrons. The molecule has 1 aromatic heterocycles. The summed E-state index contributed by atoms with van der Waals surface area (Å²) in [5, 5.41) is 7.75. The summed E-state index contributed by atoms with van der Waals surface area (Å²) in [6, 6.07) is 0.521. The van der Waals surface area contributed by atoms with Crippen molar-refractivity contribution in [1.29, 1.82) is 0 Å². The van der Waals surface area contributed by atoms with E-state index in [1.54, 1.807) is 0 Å². The number of hydrogen-bond donors (Lipinski definition) is 1. The highest BCUT2D eigenvalue weighted by Crippen LogP contribution is 2.31. The Labute approximate surface area is 94.7 Å². The van der Waals surface area contributed by atoms with E-state index in [0.717, 1.165) is 31.5 Å². The molecule has 3 rings (SSSR count). The Bertz CT molecular complexity index is 354. The number of nitrogens with zero attached hydrogens (tertiary/aromatic N) is 2. The number of rotatable bonds is 2. The van der Waals surface area contributed by atoms with Crippen LogP contribution in [-0.4, -0.2) is 29.2 Å². The molecule has 2 fully saturated rings. The summed E-state index contributed by atoms with van der Waals surface area (Å²) >= 11 is 0. The van der Waals surface area contributed by atoms with Crippen LogP contribution in [0.1, 0.15) is 37.7 Å². The van der Waals surface area contributed by atoms with Crippen LogP contribution in [0.15, 0.2) is 12.4 Å². The van der Waals surface area contributed by atoms with Gasteiger partial charge in [-0.05, 0) is 32.9 Å². The highest BCUT2D eigenvalue weighted by molar-refractivity contribution is 5.08. The molecule has 16 heavy (non-hydrogen) atoms. The van der Waals surface area contributed by atoms with Crippen LogP contribution in [-0.2, 0) is 9.47 Å². The van der Waals surface area contributed by atoms with Crippen molar-refractivity contribution in [3.8, 4) is 0 Å². The smallest absolute Gasteiger partial charge is 0.192 e. The van der Waals surface area contributed by atoms with Crippen LogP contribution in [0.5, 0.6) is 0 Å². The van der Waals surface area contributed by atoms with Crippen LogP contribution in [0.4, 0.5) is 0 Å². The largest absolute Gasteiger partial charge is 0.319 e. The van der Waals surface area contributed by atoms with Crippen molar-refractivity contribution in [2.45, 2.75) is 38.4 Å². The summed E-state index contributed by atoms with van der Waals surface area (Å²) in [6.45, 7) is 4.05. The maximum Gasteiger partial charge on any atom is 0.192 e. The zero-order chi connectivity index (χ0) is 11.0. The van der Waals surface area contributed by atoms with E-state index in [9.17, 15) is 0 Å². The lowest BCUT2D eigenvalue weighted by Crippen LogP contribution is -2.31. The third kappa shape index (κ3) is 1.86. The molecule has 0 atom stereocenters. The summed E-state index contributed by atoms with van der Waals surface area (Å²) in [5.74, 6) is 0. The molecular formula is C11H17N3O2. The molecule has 0 amide bonds. The molecule has 1 aromatic rings. The van der Waals surface area contributed by atoms with E-state index >= 15 is 0 Å². The number of ether oxygens (including phenoxy) is 2. The van der Waals surface area contributed by atoms with Crippen molar-refractivity contribution < 1.29 is 9.47 Å². The summed E-state index contributed by atoms with van der Waals surface area (Å²) in [5.41, 5.74) is 1.02. The van der Waals surface area contributed by atoms with Crippen LogP contribution in [0.2, 0.25) is 0 Å². The Morgan fingerprint density at radius 2 is 2.12 bits per heavy atom. The van der Waals surface area contributed by atoms with Gasteiger partial charge in [0.15, 0.2) is 12.6 Å². The van der Waals surface area contributed by atoms with Gasteiger partial charge in [-0.3, -0.25) is 4.68 Å². The minimum Gasteiger partial charge on any atom is -0.319 e. The van der Waals surface area contributed by atoms with E-state index in [2.05, 4.69) is 10.4 Å². The molecule has 5 heteroatoms. The number of aromatic nitrogens is 2. The fourth-order valence-electron chi connectivity index (χ4n) is 2.26. The second kappa shape index (κ2) is 4.16. The predicted molar refractivity (Wildman–Crippen MR) is 57.7 cm³/mol. The van der Waals surface area contributed by atoms with E-state index < -0.39 is 0 Å². The average Bonchev–Trinajstić information content (AvgIpc) is 2.75. The van der Waals surface area contributed by atoms with E-state index in [1.807, 2.05) is 24.0 Å². The van der Waals surface area contributed by atoms with Crippen LogP contribution in [0, 0.1) is 0 Å². The first-order valence-corrected chi connectivity index (χ1v) is 5.88. The van der Waals surface area contributed by atoms with Gasteiger partial charge in [-0.1, -0.05) is 0 Å². The second-order valence-corrected chi connectivity index (χ2v) is 4.41. The van der Waals surface area contributed by atoms with Gasteiger partial charge in [-0.25, -0.2) is 0 Å². The quantitative estimate of drug-likeness (QED) is 0.818. The Kier molecular flexibility index (Phi) is 2.67. The van der Waals surface area contributed by atoms with E-state index in [0.29, 0.717) is 6.04 Å². The first-order valence-electron chi connectivity index (χ1n) is 5.88. The monoisotopic (exact) mass is 223 g/mol. The standard InChI is InChI=1S/C11H17N3O2/c1-8-15-11(16-8)9-6-13-14(7-9)10-2-4-12-5-3-10/h6-8,10-12H,2-5H2,1H3. The summed E-state index contributed by atoms with van der Waals surface area (Å²) in [7, 11) is 0. The molecule has 0 aromatic carbocycles. The maximum absolute atomic E-state index is 5.44. The third-order valence-electron chi connectivity index (χ3n) is 3.21. The molecule has 3 heterocycles. The van der Waals surface area contributed by atoms with Gasteiger partial charge in [0.1, 0.15) is 0 Å². The fraction of sp³-hybridized carbons (Fsp3) is 0.727. The molecule has 0 unspecified atom stereocenters. The van der Waals surface area contributed by atoms with Crippen LogP contribution in [0.3, 0.4) is 0 Å². The van der Waals surface area contributed by atoms with E-state index in [4.69, 9.17) is 9.47 Å². The highest BCUT2D eigenvalue weighted by atomic mass is 16.9. The van der Waals surface area contributed by atoms with Crippen LogP contribution in [0.25, 0.3) is 0 Å². The first kappa shape index (κ1) is 10.3. The van der Waals surface area contributed by atoms with Gasteiger partial charge in [0, 0.05) is 11.8 Å². The molecule has 2 saturated heterocycles. The Morgan fingerprint density at radius 3 is 2.81 bits per heavy atom. The highest BCUT2D eigenvalue weighted by Gasteiger charge is 2.30. The van der Waals surface area contributed by atoms with Crippen molar-refractivity contribution in [1.82, 2.24) is 15.1 Å².